The molecule has 10 heteroatoms. The van der Waals surface area contributed by atoms with Crippen molar-refractivity contribution in [1.82, 2.24) is 14.3 Å². The van der Waals surface area contributed by atoms with Gasteiger partial charge >= 0.3 is 0 Å². The van der Waals surface area contributed by atoms with Gasteiger partial charge in [0.2, 0.25) is 0 Å². The molecule has 3 aromatic rings. The Labute approximate surface area is 202 Å². The molecule has 0 saturated carbocycles. The largest absolute Gasteiger partial charge is 0.493 e. The Bertz CT molecular complexity index is 1260. The van der Waals surface area contributed by atoms with E-state index in [1.165, 1.54) is 18.5 Å². The lowest BCUT2D eigenvalue weighted by molar-refractivity contribution is -0.0540. The topological polar surface area (TPSA) is 92.6 Å². The number of sulfone groups is 1. The molecule has 0 bridgehead atoms. The van der Waals surface area contributed by atoms with E-state index < -0.39 is 15.4 Å². The van der Waals surface area contributed by atoms with Gasteiger partial charge in [0, 0.05) is 30.6 Å². The van der Waals surface area contributed by atoms with E-state index in [1.807, 2.05) is 13.0 Å². The zero-order chi connectivity index (χ0) is 23.9. The number of benzene rings is 2. The minimum absolute atomic E-state index is 0.00480. The van der Waals surface area contributed by atoms with Gasteiger partial charge in [-0.3, -0.25) is 4.90 Å². The Kier molecular flexibility index (Phi) is 6.18. The summed E-state index contributed by atoms with van der Waals surface area (Å²) < 4.78 is 49.2. The van der Waals surface area contributed by atoms with Crippen molar-refractivity contribution in [2.45, 2.75) is 54.5 Å². The van der Waals surface area contributed by atoms with Crippen molar-refractivity contribution in [3.05, 3.63) is 70.7 Å². The van der Waals surface area contributed by atoms with Gasteiger partial charge in [0.05, 0.1) is 17.1 Å². The van der Waals surface area contributed by atoms with Gasteiger partial charge in [0.15, 0.2) is 9.84 Å². The Morgan fingerprint density at radius 1 is 1.24 bits per heavy atom. The standard InChI is InChI=1S/C24H26FN3O4S2/c1-24(29)9-10-28(21(13-24)16-2-4-17(25)5-3-16)20-8-11-32-22-12-18(6-7-19(20)22)34(30,31)14-23-26-15-27-33-23/h2-7,12,15,20-21,29H,8-11,13-14H2,1H3/t20-,21-,24-/m0/s1. The molecular formula is C24H26FN3O4S2. The second-order valence-corrected chi connectivity index (χ2v) is 12.1. The molecule has 2 aliphatic heterocycles. The Morgan fingerprint density at radius 3 is 2.76 bits per heavy atom. The molecule has 1 N–H and O–H groups in total. The molecule has 180 valence electrons. The van der Waals surface area contributed by atoms with Crippen molar-refractivity contribution in [3.63, 3.8) is 0 Å². The maximum Gasteiger partial charge on any atom is 0.185 e. The first-order chi connectivity index (χ1) is 16.2. The van der Waals surface area contributed by atoms with Crippen molar-refractivity contribution in [3.8, 4) is 5.75 Å². The molecule has 1 saturated heterocycles. The molecule has 1 aromatic heterocycles. The lowest BCUT2D eigenvalue weighted by atomic mass is 9.82. The lowest BCUT2D eigenvalue weighted by Gasteiger charge is -2.47. The van der Waals surface area contributed by atoms with Gasteiger partial charge in [0.1, 0.15) is 28.7 Å². The van der Waals surface area contributed by atoms with E-state index in [4.69, 9.17) is 4.74 Å². The maximum absolute atomic E-state index is 13.6. The van der Waals surface area contributed by atoms with Gasteiger partial charge in [-0.05, 0) is 61.1 Å². The van der Waals surface area contributed by atoms with Gasteiger partial charge < -0.3 is 9.84 Å². The molecule has 0 aliphatic carbocycles. The fraction of sp³-hybridized carbons (Fsp3) is 0.417. The number of nitrogens with zero attached hydrogens (tertiary/aromatic N) is 3. The fourth-order valence-electron chi connectivity index (χ4n) is 4.92. The van der Waals surface area contributed by atoms with E-state index >= 15 is 0 Å². The molecular weight excluding hydrogens is 477 g/mol. The van der Waals surface area contributed by atoms with Crippen LogP contribution in [0.4, 0.5) is 4.39 Å². The van der Waals surface area contributed by atoms with E-state index in [1.54, 1.807) is 24.3 Å². The number of piperidine rings is 1. The number of fused-ring (bicyclic) bond motifs is 1. The maximum atomic E-state index is 13.6. The molecule has 0 radical (unpaired) electrons. The average molecular weight is 504 g/mol. The highest BCUT2D eigenvalue weighted by Gasteiger charge is 2.40. The summed E-state index contributed by atoms with van der Waals surface area (Å²) in [6, 6.07) is 11.4. The predicted molar refractivity (Wildman–Crippen MR) is 126 cm³/mol. The van der Waals surface area contributed by atoms with E-state index in [-0.39, 0.29) is 28.5 Å². The van der Waals surface area contributed by atoms with Crippen LogP contribution in [0.5, 0.6) is 5.75 Å². The van der Waals surface area contributed by atoms with Crippen LogP contribution in [-0.4, -0.2) is 46.5 Å². The van der Waals surface area contributed by atoms with Crippen LogP contribution < -0.4 is 4.74 Å². The van der Waals surface area contributed by atoms with Crippen LogP contribution >= 0.6 is 11.5 Å². The van der Waals surface area contributed by atoms with Crippen molar-refractivity contribution >= 4 is 21.4 Å². The van der Waals surface area contributed by atoms with E-state index in [0.717, 1.165) is 29.1 Å². The third-order valence-electron chi connectivity index (χ3n) is 6.67. The highest BCUT2D eigenvalue weighted by Crippen LogP contribution is 2.46. The van der Waals surface area contributed by atoms with Gasteiger partial charge in [-0.25, -0.2) is 17.8 Å². The third kappa shape index (κ3) is 4.72. The molecule has 0 amide bonds. The van der Waals surface area contributed by atoms with Gasteiger partial charge in [-0.2, -0.15) is 4.37 Å². The van der Waals surface area contributed by atoms with E-state index in [2.05, 4.69) is 14.3 Å². The van der Waals surface area contributed by atoms with E-state index in [9.17, 15) is 17.9 Å². The SMILES string of the molecule is C[C@]1(O)CCN([C@H]2CCOc3cc(S(=O)(=O)Cc4ncns4)ccc32)[C@H](c2ccc(F)cc2)C1. The smallest absolute Gasteiger partial charge is 0.185 e. The van der Waals surface area contributed by atoms with Gasteiger partial charge in [-0.15, -0.1) is 0 Å². The van der Waals surface area contributed by atoms with Crippen LogP contribution in [0.2, 0.25) is 0 Å². The Hall–Kier alpha value is -2.40. The summed E-state index contributed by atoms with van der Waals surface area (Å²) in [5.74, 6) is 0.0645. The predicted octanol–water partition coefficient (Wildman–Crippen LogP) is 4.06. The fourth-order valence-corrected chi connectivity index (χ4v) is 7.04. The van der Waals surface area contributed by atoms with Crippen molar-refractivity contribution in [2.75, 3.05) is 13.2 Å². The van der Waals surface area contributed by atoms with Crippen LogP contribution in [0.3, 0.4) is 0 Å². The second kappa shape index (κ2) is 8.99. The first kappa shape index (κ1) is 23.3. The molecule has 2 aromatic carbocycles. The molecule has 1 fully saturated rings. The van der Waals surface area contributed by atoms with Crippen LogP contribution in [0.1, 0.15) is 54.4 Å². The van der Waals surface area contributed by atoms with Gasteiger partial charge in [-0.1, -0.05) is 18.2 Å². The third-order valence-corrected chi connectivity index (χ3v) is 9.14. The molecule has 0 spiro atoms. The zero-order valence-corrected chi connectivity index (χ0v) is 20.4. The summed E-state index contributed by atoms with van der Waals surface area (Å²) in [7, 11) is -3.59. The Balaban J connectivity index is 1.46. The number of halogens is 1. The van der Waals surface area contributed by atoms with Crippen LogP contribution in [-0.2, 0) is 15.6 Å². The number of aromatic nitrogens is 2. The van der Waals surface area contributed by atoms with E-state index in [0.29, 0.717) is 36.8 Å². The molecule has 5 rings (SSSR count). The molecule has 7 nitrogen and oxygen atoms in total. The number of ether oxygens (including phenoxy) is 1. The number of likely N-dealkylation sites (tertiary alicyclic amines) is 1. The van der Waals surface area contributed by atoms with Crippen LogP contribution in [0.25, 0.3) is 0 Å². The van der Waals surface area contributed by atoms with Crippen LogP contribution in [0.15, 0.2) is 53.7 Å². The van der Waals surface area contributed by atoms with Gasteiger partial charge in [0.25, 0.3) is 0 Å². The summed E-state index contributed by atoms with van der Waals surface area (Å²) in [4.78, 5) is 6.52. The first-order valence-corrected chi connectivity index (χ1v) is 13.6. The normalized spacial score (nSPS) is 25.5. The van der Waals surface area contributed by atoms with Crippen molar-refractivity contribution in [2.24, 2.45) is 0 Å². The Morgan fingerprint density at radius 2 is 2.03 bits per heavy atom. The number of aliphatic hydroxyl groups is 1. The lowest BCUT2D eigenvalue weighted by Crippen LogP contribution is -2.46. The molecule has 3 atom stereocenters. The van der Waals surface area contributed by atoms with Crippen molar-refractivity contribution in [1.29, 1.82) is 0 Å². The molecule has 3 heterocycles. The summed E-state index contributed by atoms with van der Waals surface area (Å²) in [5, 5.41) is 11.2. The zero-order valence-electron chi connectivity index (χ0n) is 18.7. The number of hydrogen-bond donors (Lipinski definition) is 1. The number of rotatable bonds is 5. The summed E-state index contributed by atoms with van der Waals surface area (Å²) in [5.41, 5.74) is 1.06. The monoisotopic (exact) mass is 503 g/mol. The minimum Gasteiger partial charge on any atom is -0.493 e. The summed E-state index contributed by atoms with van der Waals surface area (Å²) in [6.45, 7) is 2.96. The quantitative estimate of drug-likeness (QED) is 0.561. The highest BCUT2D eigenvalue weighted by atomic mass is 32.2. The number of hydrogen-bond acceptors (Lipinski definition) is 8. The highest BCUT2D eigenvalue weighted by molar-refractivity contribution is 7.90. The average Bonchev–Trinajstić information content (AvgIpc) is 3.31. The molecule has 2 aliphatic rings. The summed E-state index contributed by atoms with van der Waals surface area (Å²) >= 11 is 1.07. The van der Waals surface area contributed by atoms with Crippen molar-refractivity contribution < 1.29 is 22.7 Å². The second-order valence-electron chi connectivity index (χ2n) is 9.20. The first-order valence-electron chi connectivity index (χ1n) is 11.2. The molecule has 34 heavy (non-hydrogen) atoms. The summed E-state index contributed by atoms with van der Waals surface area (Å²) in [6.07, 6.45) is 3.23. The minimum atomic E-state index is -3.59. The molecule has 0 unspecified atom stereocenters. The van der Waals surface area contributed by atoms with Crippen LogP contribution in [0, 0.1) is 5.82 Å².